The molecule has 6 aromatic rings. The van der Waals surface area contributed by atoms with Crippen LogP contribution in [0.2, 0.25) is 0 Å². The third-order valence-electron chi connectivity index (χ3n) is 7.60. The van der Waals surface area contributed by atoms with E-state index in [1.165, 1.54) is 72.8 Å². The van der Waals surface area contributed by atoms with Crippen molar-refractivity contribution < 1.29 is 25.3 Å². The van der Waals surface area contributed by atoms with Crippen LogP contribution in [-0.4, -0.2) is 25.3 Å². The van der Waals surface area contributed by atoms with Crippen molar-refractivity contribution in [2.75, 3.05) is 0 Å². The fourth-order valence-electron chi connectivity index (χ4n) is 5.41. The maximum Gasteiger partial charge on any atom is 0.209 e. The highest BCUT2D eigenvalue weighted by Crippen LogP contribution is 2.46. The lowest BCUT2D eigenvalue weighted by molar-refractivity contribution is 0.580. The van der Waals surface area contributed by atoms with E-state index in [0.29, 0.717) is 11.1 Å². The van der Waals surface area contributed by atoms with E-state index in [2.05, 4.69) is 0 Å². The van der Waals surface area contributed by atoms with Crippen LogP contribution in [-0.2, 0) is 29.5 Å². The number of hydrogen-bond donors (Lipinski definition) is 0. The fourth-order valence-corrected chi connectivity index (χ4v) is 10.7. The van der Waals surface area contributed by atoms with E-state index in [0.717, 1.165) is 6.07 Å². The van der Waals surface area contributed by atoms with E-state index in [-0.39, 0.29) is 25.8 Å². The van der Waals surface area contributed by atoms with Crippen molar-refractivity contribution >= 4 is 29.5 Å². The zero-order chi connectivity index (χ0) is 33.2. The lowest BCUT2D eigenvalue weighted by Gasteiger charge is -2.22. The summed E-state index contributed by atoms with van der Waals surface area (Å²) >= 11 is 0. The molecule has 0 aliphatic carbocycles. The van der Waals surface area contributed by atoms with E-state index in [1.54, 1.807) is 72.8 Å². The quantitative estimate of drug-likeness (QED) is 0.165. The minimum Gasteiger partial charge on any atom is -0.218 e. The van der Waals surface area contributed by atoms with Gasteiger partial charge >= 0.3 is 0 Å². The number of nitrogens with zero attached hydrogens (tertiary/aromatic N) is 1. The maximum absolute atomic E-state index is 14.8. The molecule has 0 aliphatic rings. The standard InChI is InChI=1S/C37H25NO6S3/c38-26-34-35(45(39,40)28-17-7-2-8-18-28)25-33(32-24-14-13-23-31(32)27-15-5-1-6-16-27)36(46(41,42)29-19-9-3-10-20-29)37(34)47(43,44)30-21-11-4-12-22-30/h1-25H. The van der Waals surface area contributed by atoms with Crippen LogP contribution in [0.4, 0.5) is 0 Å². The summed E-state index contributed by atoms with van der Waals surface area (Å²) in [6.45, 7) is 0. The molecular formula is C37H25NO6S3. The molecule has 0 fully saturated rings. The topological polar surface area (TPSA) is 126 Å². The van der Waals surface area contributed by atoms with Gasteiger partial charge in [0.15, 0.2) is 0 Å². The Balaban J connectivity index is 1.88. The van der Waals surface area contributed by atoms with Gasteiger partial charge in [0.05, 0.1) is 30.0 Å². The van der Waals surface area contributed by atoms with Gasteiger partial charge in [0.25, 0.3) is 0 Å². The van der Waals surface area contributed by atoms with Crippen molar-refractivity contribution in [3.8, 4) is 28.3 Å². The Labute approximate surface area is 273 Å². The van der Waals surface area contributed by atoms with E-state index in [4.69, 9.17) is 0 Å². The smallest absolute Gasteiger partial charge is 0.209 e. The summed E-state index contributed by atoms with van der Waals surface area (Å²) in [5.74, 6) is 0. The van der Waals surface area contributed by atoms with Crippen LogP contribution in [0.5, 0.6) is 0 Å². The molecule has 47 heavy (non-hydrogen) atoms. The molecule has 0 unspecified atom stereocenters. The molecule has 0 aromatic heterocycles. The van der Waals surface area contributed by atoms with Gasteiger partial charge in [-0.05, 0) is 59.2 Å². The molecule has 0 amide bonds. The Bertz CT molecular complexity index is 2480. The molecule has 7 nitrogen and oxygen atoms in total. The first kappa shape index (κ1) is 31.6. The summed E-state index contributed by atoms with van der Waals surface area (Å²) < 4.78 is 87.4. The molecule has 0 bridgehead atoms. The molecule has 0 saturated carbocycles. The van der Waals surface area contributed by atoms with Crippen molar-refractivity contribution in [3.63, 3.8) is 0 Å². The van der Waals surface area contributed by atoms with E-state index in [1.807, 2.05) is 6.07 Å². The van der Waals surface area contributed by atoms with Gasteiger partial charge in [-0.3, -0.25) is 0 Å². The lowest BCUT2D eigenvalue weighted by Crippen LogP contribution is -2.18. The maximum atomic E-state index is 14.8. The minimum atomic E-state index is -4.84. The van der Waals surface area contributed by atoms with Gasteiger partial charge in [0.2, 0.25) is 29.5 Å². The van der Waals surface area contributed by atoms with Crippen molar-refractivity contribution in [3.05, 3.63) is 157 Å². The second-order valence-corrected chi connectivity index (χ2v) is 16.1. The summed E-state index contributed by atoms with van der Waals surface area (Å²) in [5, 5.41) is 10.6. The summed E-state index contributed by atoms with van der Waals surface area (Å²) in [6, 6.07) is 40.2. The third kappa shape index (κ3) is 5.66. The predicted molar refractivity (Wildman–Crippen MR) is 178 cm³/mol. The number of rotatable bonds is 8. The highest BCUT2D eigenvalue weighted by molar-refractivity contribution is 7.95. The van der Waals surface area contributed by atoms with Crippen LogP contribution in [0.1, 0.15) is 5.56 Å². The molecule has 0 atom stereocenters. The summed E-state index contributed by atoms with van der Waals surface area (Å²) in [4.78, 5) is -2.97. The summed E-state index contributed by atoms with van der Waals surface area (Å²) in [6.07, 6.45) is 0. The molecule has 0 saturated heterocycles. The zero-order valence-corrected chi connectivity index (χ0v) is 27.0. The highest BCUT2D eigenvalue weighted by atomic mass is 32.2. The number of benzene rings is 6. The zero-order valence-electron chi connectivity index (χ0n) is 24.6. The molecule has 6 aromatic carbocycles. The van der Waals surface area contributed by atoms with Gasteiger partial charge < -0.3 is 0 Å². The molecule has 0 aliphatic heterocycles. The van der Waals surface area contributed by atoms with E-state index < -0.39 is 49.8 Å². The van der Waals surface area contributed by atoms with E-state index in [9.17, 15) is 30.5 Å². The normalized spacial score (nSPS) is 11.9. The summed E-state index contributed by atoms with van der Waals surface area (Å²) in [5.41, 5.74) is 0.472. The third-order valence-corrected chi connectivity index (χ3v) is 13.2. The van der Waals surface area contributed by atoms with Gasteiger partial charge in [0.1, 0.15) is 11.0 Å². The van der Waals surface area contributed by atoms with Gasteiger partial charge in [0, 0.05) is 5.56 Å². The Hall–Kier alpha value is -5.34. The molecule has 0 N–H and O–H groups in total. The lowest BCUT2D eigenvalue weighted by atomic mass is 9.94. The molecule has 0 radical (unpaired) electrons. The SMILES string of the molecule is N#Cc1c(S(=O)(=O)c2ccccc2)cc(-c2ccccc2-c2ccccc2)c(S(=O)(=O)c2ccccc2)c1S(=O)(=O)c1ccccc1. The van der Waals surface area contributed by atoms with Crippen molar-refractivity contribution in [2.24, 2.45) is 0 Å². The average molecular weight is 676 g/mol. The molecule has 0 spiro atoms. The van der Waals surface area contributed by atoms with Crippen LogP contribution < -0.4 is 0 Å². The van der Waals surface area contributed by atoms with Crippen LogP contribution in [0.25, 0.3) is 22.3 Å². The second-order valence-electron chi connectivity index (χ2n) is 10.4. The van der Waals surface area contributed by atoms with Crippen molar-refractivity contribution in [1.82, 2.24) is 0 Å². The number of hydrogen-bond acceptors (Lipinski definition) is 7. The van der Waals surface area contributed by atoms with Crippen LogP contribution in [0.15, 0.2) is 181 Å². The Kier molecular flexibility index (Phi) is 8.38. The van der Waals surface area contributed by atoms with Gasteiger partial charge in [-0.15, -0.1) is 0 Å². The van der Waals surface area contributed by atoms with Gasteiger partial charge in [-0.2, -0.15) is 5.26 Å². The number of sulfone groups is 3. The Morgan fingerprint density at radius 1 is 0.404 bits per heavy atom. The second kappa shape index (κ2) is 12.5. The number of nitriles is 1. The first-order chi connectivity index (χ1) is 22.6. The highest BCUT2D eigenvalue weighted by Gasteiger charge is 2.39. The average Bonchev–Trinajstić information content (AvgIpc) is 3.12. The van der Waals surface area contributed by atoms with Gasteiger partial charge in [-0.1, -0.05) is 109 Å². The monoisotopic (exact) mass is 675 g/mol. The first-order valence-corrected chi connectivity index (χ1v) is 18.7. The first-order valence-electron chi connectivity index (χ1n) is 14.2. The minimum absolute atomic E-state index is 0.184. The van der Waals surface area contributed by atoms with E-state index >= 15 is 0 Å². The van der Waals surface area contributed by atoms with Crippen molar-refractivity contribution in [1.29, 1.82) is 5.26 Å². The van der Waals surface area contributed by atoms with Crippen LogP contribution >= 0.6 is 0 Å². The molecule has 6 rings (SSSR count). The predicted octanol–water partition coefficient (Wildman–Crippen LogP) is 7.39. The largest absolute Gasteiger partial charge is 0.218 e. The van der Waals surface area contributed by atoms with Gasteiger partial charge in [-0.25, -0.2) is 25.3 Å². The fraction of sp³-hybridized carbons (Fsp3) is 0. The molecular weight excluding hydrogens is 651 g/mol. The molecule has 232 valence electrons. The molecule has 0 heterocycles. The molecule has 10 heteroatoms. The van der Waals surface area contributed by atoms with Crippen LogP contribution in [0, 0.1) is 11.3 Å². The Morgan fingerprint density at radius 2 is 0.787 bits per heavy atom. The van der Waals surface area contributed by atoms with Crippen LogP contribution in [0.3, 0.4) is 0 Å². The summed E-state index contributed by atoms with van der Waals surface area (Å²) in [7, 11) is -14.1. The van der Waals surface area contributed by atoms with Crippen molar-refractivity contribution in [2.45, 2.75) is 29.4 Å². The Morgan fingerprint density at radius 3 is 1.26 bits per heavy atom.